The van der Waals surface area contributed by atoms with Crippen LogP contribution < -0.4 is 4.90 Å². The van der Waals surface area contributed by atoms with E-state index in [1.54, 1.807) is 4.90 Å². The summed E-state index contributed by atoms with van der Waals surface area (Å²) >= 11 is 10.9. The van der Waals surface area contributed by atoms with Crippen molar-refractivity contribution in [2.24, 2.45) is 0 Å². The van der Waals surface area contributed by atoms with Crippen LogP contribution in [0, 0.1) is 6.92 Å². The van der Waals surface area contributed by atoms with E-state index in [9.17, 15) is 4.79 Å². The Hall–Kier alpha value is -0.840. The molecule has 0 saturated heterocycles. The molecule has 0 unspecified atom stereocenters. The van der Waals surface area contributed by atoms with Crippen molar-refractivity contribution in [3.8, 4) is 0 Å². The Bertz CT molecular complexity index is 626. The Morgan fingerprint density at radius 2 is 2.10 bits per heavy atom. The lowest BCUT2D eigenvalue weighted by atomic mass is 10.1. The molecule has 106 valence electrons. The molecule has 2 nitrogen and oxygen atoms in total. The average molecular weight is 373 g/mol. The summed E-state index contributed by atoms with van der Waals surface area (Å²) in [5.74, 6) is 0.111. The first-order valence-electron chi connectivity index (χ1n) is 6.24. The monoisotopic (exact) mass is 371 g/mol. The molecule has 1 aromatic heterocycles. The number of amides is 1. The number of carbonyl (C=O) groups is 1. The van der Waals surface area contributed by atoms with Gasteiger partial charge in [-0.25, -0.2) is 0 Å². The van der Waals surface area contributed by atoms with Crippen molar-refractivity contribution >= 4 is 50.5 Å². The number of anilines is 1. The fourth-order valence-corrected chi connectivity index (χ4v) is 3.58. The highest BCUT2D eigenvalue weighted by Gasteiger charge is 2.13. The summed E-state index contributed by atoms with van der Waals surface area (Å²) in [5.41, 5.74) is 2.02. The van der Waals surface area contributed by atoms with Gasteiger partial charge in [0.2, 0.25) is 5.91 Å². The van der Waals surface area contributed by atoms with E-state index in [2.05, 4.69) is 15.9 Å². The zero-order valence-corrected chi connectivity index (χ0v) is 14.5. The van der Waals surface area contributed by atoms with Crippen molar-refractivity contribution in [2.45, 2.75) is 19.8 Å². The van der Waals surface area contributed by atoms with Crippen molar-refractivity contribution in [3.63, 3.8) is 0 Å². The van der Waals surface area contributed by atoms with Crippen molar-refractivity contribution in [1.82, 2.24) is 0 Å². The maximum absolute atomic E-state index is 12.2. The molecule has 0 saturated carbocycles. The molecule has 1 aromatic carbocycles. The van der Waals surface area contributed by atoms with Gasteiger partial charge in [0.1, 0.15) is 0 Å². The summed E-state index contributed by atoms with van der Waals surface area (Å²) in [4.78, 5) is 15.1. The molecular formula is C15H15BrClNOS. The second kappa shape index (κ2) is 6.74. The summed E-state index contributed by atoms with van der Waals surface area (Å²) in [6.45, 7) is 2.00. The van der Waals surface area contributed by atoms with Crippen molar-refractivity contribution in [2.75, 3.05) is 11.9 Å². The molecule has 0 bridgehead atoms. The third kappa shape index (κ3) is 3.84. The van der Waals surface area contributed by atoms with Crippen LogP contribution in [0.2, 0.25) is 4.34 Å². The number of benzene rings is 1. The van der Waals surface area contributed by atoms with E-state index in [0.717, 1.165) is 31.4 Å². The normalized spacial score (nSPS) is 10.6. The minimum atomic E-state index is 0.111. The van der Waals surface area contributed by atoms with Gasteiger partial charge >= 0.3 is 0 Å². The molecule has 2 rings (SSSR count). The minimum Gasteiger partial charge on any atom is -0.315 e. The molecule has 0 N–H and O–H groups in total. The lowest BCUT2D eigenvalue weighted by molar-refractivity contribution is -0.118. The van der Waals surface area contributed by atoms with Gasteiger partial charge in [-0.3, -0.25) is 4.79 Å². The fourth-order valence-electron chi connectivity index (χ4n) is 2.01. The number of hydrogen-bond acceptors (Lipinski definition) is 2. The van der Waals surface area contributed by atoms with Crippen LogP contribution in [0.3, 0.4) is 0 Å². The van der Waals surface area contributed by atoms with Crippen LogP contribution in [0.15, 0.2) is 34.8 Å². The molecule has 2 aromatic rings. The summed E-state index contributed by atoms with van der Waals surface area (Å²) in [6, 6.07) is 9.77. The van der Waals surface area contributed by atoms with Crippen molar-refractivity contribution in [3.05, 3.63) is 49.6 Å². The van der Waals surface area contributed by atoms with E-state index < -0.39 is 0 Å². The number of aryl methyl sites for hydroxylation is 2. The molecule has 5 heteroatoms. The van der Waals surface area contributed by atoms with Crippen molar-refractivity contribution in [1.29, 1.82) is 0 Å². The number of thiophene rings is 1. The molecule has 0 fully saturated rings. The van der Waals surface area contributed by atoms with Crippen LogP contribution in [-0.2, 0) is 11.2 Å². The molecule has 20 heavy (non-hydrogen) atoms. The summed E-state index contributed by atoms with van der Waals surface area (Å²) in [7, 11) is 1.82. The predicted octanol–water partition coefficient (Wildman–Crippen LogP) is 5.07. The number of rotatable bonds is 4. The molecule has 1 amide bonds. The van der Waals surface area contributed by atoms with E-state index in [0.29, 0.717) is 6.42 Å². The van der Waals surface area contributed by atoms with Gasteiger partial charge in [0.25, 0.3) is 0 Å². The number of halogens is 2. The van der Waals surface area contributed by atoms with E-state index in [1.807, 2.05) is 44.3 Å². The third-order valence-corrected chi connectivity index (χ3v) is 4.89. The highest BCUT2D eigenvalue weighted by atomic mass is 79.9. The number of hydrogen-bond donors (Lipinski definition) is 0. The summed E-state index contributed by atoms with van der Waals surface area (Å²) in [5, 5.41) is 0. The number of carbonyl (C=O) groups excluding carboxylic acids is 1. The Morgan fingerprint density at radius 1 is 1.35 bits per heavy atom. The van der Waals surface area contributed by atoms with Crippen LogP contribution in [0.5, 0.6) is 0 Å². The Kier molecular flexibility index (Phi) is 5.24. The lowest BCUT2D eigenvalue weighted by Gasteiger charge is -2.19. The average Bonchev–Trinajstić information content (AvgIpc) is 2.81. The zero-order valence-electron chi connectivity index (χ0n) is 11.3. The van der Waals surface area contributed by atoms with Gasteiger partial charge in [0, 0.05) is 28.5 Å². The molecule has 0 spiro atoms. The quantitative estimate of drug-likeness (QED) is 0.734. The van der Waals surface area contributed by atoms with Gasteiger partial charge in [0.15, 0.2) is 0 Å². The van der Waals surface area contributed by atoms with E-state index in [-0.39, 0.29) is 5.91 Å². The van der Waals surface area contributed by atoms with Crippen LogP contribution in [0.25, 0.3) is 0 Å². The van der Waals surface area contributed by atoms with E-state index in [1.165, 1.54) is 11.3 Å². The standard InChI is InChI=1S/C15H15BrClNOS/c1-10-9-11(16)3-6-13(10)18(2)15(19)8-5-12-4-7-14(17)20-12/h3-4,6-7,9H,5,8H2,1-2H3. The largest absolute Gasteiger partial charge is 0.315 e. The maximum Gasteiger partial charge on any atom is 0.227 e. The van der Waals surface area contributed by atoms with Crippen LogP contribution in [0.4, 0.5) is 5.69 Å². The smallest absolute Gasteiger partial charge is 0.227 e. The first-order valence-corrected chi connectivity index (χ1v) is 8.23. The predicted molar refractivity (Wildman–Crippen MR) is 89.9 cm³/mol. The van der Waals surface area contributed by atoms with Gasteiger partial charge in [-0.15, -0.1) is 11.3 Å². The number of nitrogens with zero attached hydrogens (tertiary/aromatic N) is 1. The summed E-state index contributed by atoms with van der Waals surface area (Å²) in [6.07, 6.45) is 1.22. The van der Waals surface area contributed by atoms with Gasteiger partial charge in [-0.1, -0.05) is 27.5 Å². The van der Waals surface area contributed by atoms with Gasteiger partial charge < -0.3 is 4.90 Å². The molecule has 0 atom stereocenters. The molecule has 0 aliphatic carbocycles. The zero-order chi connectivity index (χ0) is 14.7. The highest BCUT2D eigenvalue weighted by molar-refractivity contribution is 9.10. The minimum absolute atomic E-state index is 0.111. The SMILES string of the molecule is Cc1cc(Br)ccc1N(C)C(=O)CCc1ccc(Cl)s1. The maximum atomic E-state index is 12.2. The third-order valence-electron chi connectivity index (χ3n) is 3.11. The Balaban J connectivity index is 2.01. The highest BCUT2D eigenvalue weighted by Crippen LogP contribution is 2.25. The van der Waals surface area contributed by atoms with E-state index in [4.69, 9.17) is 11.6 Å². The molecular weight excluding hydrogens is 358 g/mol. The van der Waals surface area contributed by atoms with Gasteiger partial charge in [-0.2, -0.15) is 0 Å². The van der Waals surface area contributed by atoms with Crippen LogP contribution >= 0.6 is 38.9 Å². The second-order valence-corrected chi connectivity index (χ2v) is 7.30. The molecule has 0 aliphatic rings. The topological polar surface area (TPSA) is 20.3 Å². The first-order chi connectivity index (χ1) is 9.47. The lowest BCUT2D eigenvalue weighted by Crippen LogP contribution is -2.27. The van der Waals surface area contributed by atoms with Gasteiger partial charge in [0.05, 0.1) is 4.34 Å². The Labute approximate surface area is 136 Å². The van der Waals surface area contributed by atoms with E-state index >= 15 is 0 Å². The van der Waals surface area contributed by atoms with Crippen LogP contribution in [-0.4, -0.2) is 13.0 Å². The Morgan fingerprint density at radius 3 is 2.70 bits per heavy atom. The summed E-state index contributed by atoms with van der Waals surface area (Å²) < 4.78 is 1.79. The fraction of sp³-hybridized carbons (Fsp3) is 0.267. The first kappa shape index (κ1) is 15.5. The molecule has 1 heterocycles. The molecule has 0 aliphatic heterocycles. The van der Waals surface area contributed by atoms with Crippen LogP contribution in [0.1, 0.15) is 16.9 Å². The molecule has 0 radical (unpaired) electrons. The van der Waals surface area contributed by atoms with Gasteiger partial charge in [-0.05, 0) is 49.2 Å². The van der Waals surface area contributed by atoms with Crippen molar-refractivity contribution < 1.29 is 4.79 Å². The second-order valence-electron chi connectivity index (χ2n) is 4.59.